The second-order valence-electron chi connectivity index (χ2n) is 6.62. The monoisotopic (exact) mass is 450 g/mol. The van der Waals surface area contributed by atoms with E-state index in [1.807, 2.05) is 22.7 Å². The van der Waals surface area contributed by atoms with E-state index in [9.17, 15) is 0 Å². The van der Waals surface area contributed by atoms with Crippen molar-refractivity contribution >= 4 is 84.9 Å². The molecule has 0 aliphatic carbocycles. The first-order valence-electron chi connectivity index (χ1n) is 6.27. The van der Waals surface area contributed by atoms with Crippen LogP contribution >= 0.6 is 54.5 Å². The summed E-state index contributed by atoms with van der Waals surface area (Å²) in [6.07, 6.45) is 0. The van der Waals surface area contributed by atoms with Crippen molar-refractivity contribution in [3.63, 3.8) is 0 Å². The Kier molecular flexibility index (Phi) is 3.41. The highest BCUT2D eigenvalue weighted by atomic mass is 79.9. The minimum absolute atomic E-state index is 1.27. The van der Waals surface area contributed by atoms with Crippen LogP contribution in [0, 0.1) is 0 Å². The lowest BCUT2D eigenvalue weighted by Gasteiger charge is -2.23. The Balaban J connectivity index is 2.39. The van der Waals surface area contributed by atoms with E-state index in [0.29, 0.717) is 0 Å². The van der Waals surface area contributed by atoms with Crippen molar-refractivity contribution in [2.24, 2.45) is 0 Å². The first-order valence-corrected chi connectivity index (χ1v) is 16.0. The molecule has 0 amide bonds. The predicted octanol–water partition coefficient (Wildman–Crippen LogP) is 4.68. The molecule has 0 nitrogen and oxygen atoms in total. The summed E-state index contributed by atoms with van der Waals surface area (Å²) < 4.78 is 5.99. The molecule has 0 fully saturated rings. The van der Waals surface area contributed by atoms with Gasteiger partial charge in [0.1, 0.15) is 8.07 Å². The lowest BCUT2D eigenvalue weighted by molar-refractivity contribution is 1.79. The van der Waals surface area contributed by atoms with Gasteiger partial charge in [-0.05, 0) is 53.2 Å². The molecule has 0 unspecified atom stereocenters. The van der Waals surface area contributed by atoms with Crippen molar-refractivity contribution in [3.05, 3.63) is 13.6 Å². The summed E-state index contributed by atoms with van der Waals surface area (Å²) in [5, 5.41) is 1.73. The molecule has 2 aromatic heterocycles. The van der Waals surface area contributed by atoms with E-state index in [1.54, 1.807) is 14.2 Å². The van der Waals surface area contributed by atoms with E-state index < -0.39 is 16.1 Å². The van der Waals surface area contributed by atoms with E-state index in [0.717, 1.165) is 0 Å². The Hall–Kier alpha value is 0.794. The minimum Gasteiger partial charge on any atom is -0.137 e. The molecule has 3 heterocycles. The predicted molar refractivity (Wildman–Crippen MR) is 103 cm³/mol. The summed E-state index contributed by atoms with van der Waals surface area (Å²) in [7, 11) is -2.76. The highest BCUT2D eigenvalue weighted by Crippen LogP contribution is 2.41. The maximum absolute atomic E-state index is 3.84. The molecule has 0 aromatic carbocycles. The molecular weight excluding hydrogens is 436 g/mol. The average molecular weight is 452 g/mol. The molecule has 0 atom stereocenters. The Bertz CT molecular complexity index is 678. The fourth-order valence-electron chi connectivity index (χ4n) is 2.89. The second kappa shape index (κ2) is 4.40. The molecule has 0 saturated carbocycles. The minimum atomic E-state index is -1.49. The highest BCUT2D eigenvalue weighted by molar-refractivity contribution is 9.11. The quantitative estimate of drug-likeness (QED) is 0.552. The summed E-state index contributed by atoms with van der Waals surface area (Å²) in [5.74, 6) is 0. The van der Waals surface area contributed by atoms with Crippen molar-refractivity contribution in [1.29, 1.82) is 0 Å². The molecule has 0 spiro atoms. The van der Waals surface area contributed by atoms with Gasteiger partial charge in [-0.1, -0.05) is 32.7 Å². The third-order valence-electron chi connectivity index (χ3n) is 3.71. The third-order valence-corrected chi connectivity index (χ3v) is 16.0. The number of hydrogen-bond acceptors (Lipinski definition) is 2. The van der Waals surface area contributed by atoms with E-state index in [4.69, 9.17) is 0 Å². The van der Waals surface area contributed by atoms with Crippen LogP contribution in [-0.2, 0) is 0 Å². The van der Waals surface area contributed by atoms with E-state index in [2.05, 4.69) is 70.7 Å². The van der Waals surface area contributed by atoms with Gasteiger partial charge in [0.2, 0.25) is 0 Å². The lowest BCUT2D eigenvalue weighted by atomic mass is 10.2. The number of fused-ring (bicyclic) bond motifs is 3. The number of halogens is 2. The first kappa shape index (κ1) is 14.7. The van der Waals surface area contributed by atoms with Crippen LogP contribution in [0.4, 0.5) is 0 Å². The Morgan fingerprint density at radius 1 is 1.11 bits per heavy atom. The van der Waals surface area contributed by atoms with Crippen LogP contribution < -0.4 is 14.2 Å². The van der Waals surface area contributed by atoms with E-state index in [1.165, 1.54) is 18.7 Å². The molecule has 0 bridgehead atoms. The van der Waals surface area contributed by atoms with Crippen LogP contribution in [0.5, 0.6) is 0 Å². The normalized spacial score (nSPS) is 16.6. The molecule has 3 rings (SSSR count). The standard InChI is InChI=1S/C13H16Br2S2Si2/c1-18(2,3)13-10-9(11(15)17-13)7-6-8(14)16-12(7)19(10,4)5/h6H,1-5H3. The second-order valence-corrected chi connectivity index (χ2v) is 21.4. The number of rotatable bonds is 1. The van der Waals surface area contributed by atoms with Crippen LogP contribution in [0.2, 0.25) is 32.7 Å². The molecule has 1 aliphatic heterocycles. The van der Waals surface area contributed by atoms with E-state index >= 15 is 0 Å². The Labute approximate surface area is 141 Å². The molecular formula is C13H16Br2S2Si2. The van der Waals surface area contributed by atoms with Gasteiger partial charge in [-0.25, -0.2) is 0 Å². The molecule has 6 heteroatoms. The van der Waals surface area contributed by atoms with Gasteiger partial charge in [0.15, 0.2) is 0 Å². The van der Waals surface area contributed by atoms with Gasteiger partial charge in [-0.15, -0.1) is 22.7 Å². The van der Waals surface area contributed by atoms with Crippen molar-refractivity contribution in [2.45, 2.75) is 32.7 Å². The Morgan fingerprint density at radius 2 is 1.74 bits per heavy atom. The summed E-state index contributed by atoms with van der Waals surface area (Å²) in [4.78, 5) is 0. The fourth-order valence-corrected chi connectivity index (χ4v) is 16.6. The van der Waals surface area contributed by atoms with Gasteiger partial charge >= 0.3 is 0 Å². The van der Waals surface area contributed by atoms with Gasteiger partial charge < -0.3 is 0 Å². The molecule has 102 valence electrons. The van der Waals surface area contributed by atoms with Crippen molar-refractivity contribution in [1.82, 2.24) is 0 Å². The fraction of sp³-hybridized carbons (Fsp3) is 0.385. The van der Waals surface area contributed by atoms with E-state index in [-0.39, 0.29) is 0 Å². The SMILES string of the molecule is C[Si](C)(C)c1sc(Br)c2c1[Si](C)(C)c1sc(Br)cc1-2. The average Bonchev–Trinajstić information content (AvgIpc) is 2.82. The molecule has 19 heavy (non-hydrogen) atoms. The molecule has 1 aliphatic rings. The third kappa shape index (κ3) is 2.05. The lowest BCUT2D eigenvalue weighted by Crippen LogP contribution is -2.58. The smallest absolute Gasteiger partial charge is 0.127 e. The molecule has 2 aromatic rings. The largest absolute Gasteiger partial charge is 0.137 e. The van der Waals surface area contributed by atoms with Gasteiger partial charge in [0.05, 0.1) is 15.6 Å². The maximum Gasteiger partial charge on any atom is 0.127 e. The molecule has 0 radical (unpaired) electrons. The van der Waals surface area contributed by atoms with Crippen molar-refractivity contribution in [2.75, 3.05) is 0 Å². The summed E-state index contributed by atoms with van der Waals surface area (Å²) in [6.45, 7) is 12.4. The van der Waals surface area contributed by atoms with Gasteiger partial charge in [-0.2, -0.15) is 0 Å². The Morgan fingerprint density at radius 3 is 2.32 bits per heavy atom. The van der Waals surface area contributed by atoms with Crippen LogP contribution in [0.15, 0.2) is 13.6 Å². The van der Waals surface area contributed by atoms with Crippen LogP contribution in [0.3, 0.4) is 0 Å². The summed E-state index contributed by atoms with van der Waals surface area (Å²) in [6, 6.07) is 2.33. The zero-order chi connectivity index (χ0) is 14.2. The maximum atomic E-state index is 3.84. The summed E-state index contributed by atoms with van der Waals surface area (Å²) in [5.41, 5.74) is 3.02. The van der Waals surface area contributed by atoms with Crippen LogP contribution in [-0.4, -0.2) is 16.1 Å². The molecule has 0 N–H and O–H groups in total. The van der Waals surface area contributed by atoms with Crippen molar-refractivity contribution in [3.8, 4) is 11.1 Å². The van der Waals surface area contributed by atoms with Crippen LogP contribution in [0.25, 0.3) is 11.1 Å². The zero-order valence-corrected chi connectivity index (χ0v) is 18.5. The van der Waals surface area contributed by atoms with Gasteiger partial charge in [0.25, 0.3) is 0 Å². The highest BCUT2D eigenvalue weighted by Gasteiger charge is 2.45. The molecule has 0 saturated heterocycles. The first-order chi connectivity index (χ1) is 8.64. The van der Waals surface area contributed by atoms with Crippen LogP contribution in [0.1, 0.15) is 0 Å². The number of hydrogen-bond donors (Lipinski definition) is 0. The topological polar surface area (TPSA) is 0 Å². The zero-order valence-electron chi connectivity index (χ0n) is 11.6. The van der Waals surface area contributed by atoms with Crippen molar-refractivity contribution < 1.29 is 0 Å². The van der Waals surface area contributed by atoms with Gasteiger partial charge in [-0.3, -0.25) is 0 Å². The van der Waals surface area contributed by atoms with Gasteiger partial charge in [0, 0.05) is 10.1 Å². The summed E-state index contributed by atoms with van der Waals surface area (Å²) >= 11 is 11.5. The number of thiophene rings is 2.